The van der Waals surface area contributed by atoms with E-state index in [0.717, 1.165) is 3.57 Å². The molecule has 0 saturated carbocycles. The second kappa shape index (κ2) is 10.7. The van der Waals surface area contributed by atoms with Crippen LogP contribution in [0.5, 0.6) is 0 Å². The van der Waals surface area contributed by atoms with Crippen LogP contribution in [0, 0.1) is 3.57 Å². The summed E-state index contributed by atoms with van der Waals surface area (Å²) in [6.07, 6.45) is -0.00293. The maximum Gasteiger partial charge on any atom is 0.329 e. The predicted molar refractivity (Wildman–Crippen MR) is 98.5 cm³/mol. The predicted octanol–water partition coefficient (Wildman–Crippen LogP) is 0.875. The van der Waals surface area contributed by atoms with Gasteiger partial charge in [-0.05, 0) is 47.7 Å². The highest BCUT2D eigenvalue weighted by molar-refractivity contribution is 14.1. The van der Waals surface area contributed by atoms with Crippen LogP contribution in [0.3, 0.4) is 0 Å². The molecule has 1 aromatic rings. The van der Waals surface area contributed by atoms with Gasteiger partial charge in [0.05, 0.1) is 13.0 Å². The molecule has 9 heteroatoms. The van der Waals surface area contributed by atoms with Crippen molar-refractivity contribution in [2.75, 3.05) is 25.6 Å². The molecule has 0 aliphatic carbocycles. The first-order valence-electron chi connectivity index (χ1n) is 7.08. The van der Waals surface area contributed by atoms with Gasteiger partial charge in [-0.25, -0.2) is 5.43 Å². The normalized spacial score (nSPS) is 10.9. The largest absolute Gasteiger partial charge is 0.383 e. The monoisotopic (exact) mass is 446 g/mol. The van der Waals surface area contributed by atoms with Gasteiger partial charge in [-0.3, -0.25) is 14.4 Å². The van der Waals surface area contributed by atoms with Crippen LogP contribution in [0.4, 0.5) is 5.69 Å². The molecule has 0 bridgehead atoms. The van der Waals surface area contributed by atoms with E-state index in [4.69, 9.17) is 4.74 Å². The third kappa shape index (κ3) is 8.02. The molecule has 8 nitrogen and oxygen atoms in total. The summed E-state index contributed by atoms with van der Waals surface area (Å²) in [5.74, 6) is -1.98. The second-order valence-corrected chi connectivity index (χ2v) is 6.02. The number of carbonyl (C=O) groups is 3. The quantitative estimate of drug-likeness (QED) is 0.190. The minimum absolute atomic E-state index is 0.00293. The van der Waals surface area contributed by atoms with E-state index in [0.29, 0.717) is 18.0 Å². The van der Waals surface area contributed by atoms with Gasteiger partial charge >= 0.3 is 11.8 Å². The molecule has 1 aromatic carbocycles. The Kier molecular flexibility index (Phi) is 8.94. The minimum atomic E-state index is -0.900. The van der Waals surface area contributed by atoms with E-state index in [1.54, 1.807) is 13.0 Å². The molecule has 0 aliphatic rings. The maximum atomic E-state index is 11.9. The Morgan fingerprint density at radius 2 is 2.00 bits per heavy atom. The molecule has 3 N–H and O–H groups in total. The Morgan fingerprint density at radius 1 is 1.25 bits per heavy atom. The van der Waals surface area contributed by atoms with Crippen molar-refractivity contribution < 1.29 is 19.1 Å². The summed E-state index contributed by atoms with van der Waals surface area (Å²) >= 11 is 2.15. The molecule has 0 saturated heterocycles. The van der Waals surface area contributed by atoms with Gasteiger partial charge in [0.15, 0.2) is 0 Å². The van der Waals surface area contributed by atoms with Crippen LogP contribution in [0.25, 0.3) is 0 Å². The summed E-state index contributed by atoms with van der Waals surface area (Å²) in [5, 5.41) is 8.82. The topological polar surface area (TPSA) is 109 Å². The number of amides is 3. The maximum absolute atomic E-state index is 11.9. The molecule has 0 fully saturated rings. The smallest absolute Gasteiger partial charge is 0.329 e. The van der Waals surface area contributed by atoms with E-state index in [1.165, 1.54) is 7.11 Å². The van der Waals surface area contributed by atoms with E-state index >= 15 is 0 Å². The molecule has 130 valence electrons. The van der Waals surface area contributed by atoms with Gasteiger partial charge in [-0.15, -0.1) is 0 Å². The fraction of sp³-hybridized carbons (Fsp3) is 0.333. The van der Waals surface area contributed by atoms with Crippen molar-refractivity contribution in [2.24, 2.45) is 5.10 Å². The highest BCUT2D eigenvalue weighted by Crippen LogP contribution is 2.12. The number of methoxy groups -OCH3 is 1. The average molecular weight is 446 g/mol. The van der Waals surface area contributed by atoms with Gasteiger partial charge in [0.2, 0.25) is 5.91 Å². The van der Waals surface area contributed by atoms with Crippen LogP contribution in [0.15, 0.2) is 29.4 Å². The van der Waals surface area contributed by atoms with Crippen molar-refractivity contribution in [3.8, 4) is 0 Å². The third-order valence-electron chi connectivity index (χ3n) is 2.67. The minimum Gasteiger partial charge on any atom is -0.383 e. The van der Waals surface area contributed by atoms with Gasteiger partial charge in [-0.1, -0.05) is 6.07 Å². The van der Waals surface area contributed by atoms with Gasteiger partial charge in [0.25, 0.3) is 0 Å². The zero-order valence-electron chi connectivity index (χ0n) is 13.4. The van der Waals surface area contributed by atoms with Crippen molar-refractivity contribution in [1.82, 2.24) is 10.7 Å². The molecule has 0 spiro atoms. The Morgan fingerprint density at radius 3 is 2.67 bits per heavy atom. The lowest BCUT2D eigenvalue weighted by Gasteiger charge is -2.06. The molecule has 0 atom stereocenters. The molecule has 0 aliphatic heterocycles. The number of benzene rings is 1. The Labute approximate surface area is 153 Å². The van der Waals surface area contributed by atoms with Gasteiger partial charge < -0.3 is 15.4 Å². The molecular weight excluding hydrogens is 427 g/mol. The van der Waals surface area contributed by atoms with Crippen LogP contribution in [0.2, 0.25) is 0 Å². The van der Waals surface area contributed by atoms with Crippen molar-refractivity contribution in [3.05, 3.63) is 27.8 Å². The highest BCUT2D eigenvalue weighted by Gasteiger charge is 2.12. The number of hydrogen-bond acceptors (Lipinski definition) is 5. The lowest BCUT2D eigenvalue weighted by molar-refractivity contribution is -0.139. The molecule has 0 unspecified atom stereocenters. The van der Waals surface area contributed by atoms with Crippen molar-refractivity contribution in [3.63, 3.8) is 0 Å². The number of carbonyl (C=O) groups excluding carboxylic acids is 3. The van der Waals surface area contributed by atoms with Gasteiger partial charge in [-0.2, -0.15) is 5.10 Å². The Bertz CT molecular complexity index is 634. The zero-order valence-corrected chi connectivity index (χ0v) is 15.5. The van der Waals surface area contributed by atoms with E-state index in [-0.39, 0.29) is 18.9 Å². The first-order valence-corrected chi connectivity index (χ1v) is 8.16. The molecule has 0 aromatic heterocycles. The number of hydrogen-bond donors (Lipinski definition) is 3. The van der Waals surface area contributed by atoms with Crippen molar-refractivity contribution in [1.29, 1.82) is 0 Å². The lowest BCUT2D eigenvalue weighted by atomic mass is 10.2. The molecule has 0 radical (unpaired) electrons. The molecule has 0 heterocycles. The fourth-order valence-corrected chi connectivity index (χ4v) is 2.13. The second-order valence-electron chi connectivity index (χ2n) is 4.77. The van der Waals surface area contributed by atoms with Crippen LogP contribution >= 0.6 is 22.6 Å². The number of ether oxygens (including phenoxy) is 1. The Hall–Kier alpha value is -2.01. The van der Waals surface area contributed by atoms with E-state index < -0.39 is 11.8 Å². The van der Waals surface area contributed by atoms with E-state index in [2.05, 4.69) is 43.8 Å². The average Bonchev–Trinajstić information content (AvgIpc) is 2.52. The van der Waals surface area contributed by atoms with Gasteiger partial charge in [0.1, 0.15) is 0 Å². The summed E-state index contributed by atoms with van der Waals surface area (Å²) in [7, 11) is 1.49. The molecule has 1 rings (SSSR count). The van der Waals surface area contributed by atoms with Crippen molar-refractivity contribution >= 4 is 51.7 Å². The first-order chi connectivity index (χ1) is 11.4. The number of nitrogens with zero attached hydrogens (tertiary/aromatic N) is 1. The number of nitrogens with one attached hydrogen (secondary N) is 3. The summed E-state index contributed by atoms with van der Waals surface area (Å²) < 4.78 is 5.75. The highest BCUT2D eigenvalue weighted by atomic mass is 127. The summed E-state index contributed by atoms with van der Waals surface area (Å²) in [6, 6.07) is 7.35. The first kappa shape index (κ1) is 20.0. The van der Waals surface area contributed by atoms with Crippen LogP contribution < -0.4 is 16.1 Å². The summed E-state index contributed by atoms with van der Waals surface area (Å²) in [5.41, 5.74) is 3.16. The summed E-state index contributed by atoms with van der Waals surface area (Å²) in [4.78, 5) is 34.8. The lowest BCUT2D eigenvalue weighted by Crippen LogP contribution is -2.39. The number of halogens is 1. The molecule has 24 heavy (non-hydrogen) atoms. The van der Waals surface area contributed by atoms with Crippen LogP contribution in [-0.4, -0.2) is 43.7 Å². The molecular formula is C15H19IN4O4. The number of anilines is 1. The zero-order chi connectivity index (χ0) is 17.9. The van der Waals surface area contributed by atoms with Gasteiger partial charge in [0, 0.05) is 28.6 Å². The molecule has 3 amide bonds. The van der Waals surface area contributed by atoms with E-state index in [9.17, 15) is 14.4 Å². The van der Waals surface area contributed by atoms with Crippen LogP contribution in [-0.2, 0) is 19.1 Å². The number of hydrazone groups is 1. The van der Waals surface area contributed by atoms with Crippen molar-refractivity contribution in [2.45, 2.75) is 13.3 Å². The van der Waals surface area contributed by atoms with Crippen LogP contribution in [0.1, 0.15) is 13.3 Å². The Balaban J connectivity index is 2.41. The number of rotatable bonds is 7. The fourth-order valence-electron chi connectivity index (χ4n) is 1.59. The third-order valence-corrected chi connectivity index (χ3v) is 3.34. The summed E-state index contributed by atoms with van der Waals surface area (Å²) in [6.45, 7) is 2.11. The standard InChI is InChI=1S/C15H19IN4O4/c1-10(19-20-15(23)14(22)17-6-7-24-2)8-13(21)18-12-5-3-4-11(16)9-12/h3-5,9H,6-8H2,1-2H3,(H,17,22)(H,18,21)(H,20,23)/b19-10-. The SMILES string of the molecule is COCCNC(=O)C(=O)N/N=C(/C)CC(=O)Nc1cccc(I)c1. The van der Waals surface area contributed by atoms with E-state index in [1.807, 2.05) is 18.2 Å².